The fourth-order valence-electron chi connectivity index (χ4n) is 1.47. The summed E-state index contributed by atoms with van der Waals surface area (Å²) < 4.78 is 5.45. The second-order valence-electron chi connectivity index (χ2n) is 4.52. The maximum Gasteiger partial charge on any atom is 0.110 e. The minimum atomic E-state index is -1.03. The van der Waals surface area contributed by atoms with E-state index in [-0.39, 0.29) is 16.9 Å². The van der Waals surface area contributed by atoms with Gasteiger partial charge in [-0.3, -0.25) is 0 Å². The lowest BCUT2D eigenvalue weighted by Gasteiger charge is -2.18. The smallest absolute Gasteiger partial charge is 0.110 e. The van der Waals surface area contributed by atoms with Gasteiger partial charge in [0, 0.05) is 6.00 Å². The Morgan fingerprint density at radius 1 is 1.57 bits per heavy atom. The molecule has 1 N–H and O–H groups in total. The number of hydrogen-bond acceptors (Lipinski definition) is 2. The van der Waals surface area contributed by atoms with E-state index in [1.807, 2.05) is 0 Å². The van der Waals surface area contributed by atoms with Crippen LogP contribution in [0.3, 0.4) is 0 Å². The molecule has 80 valence electrons. The fourth-order valence-corrected chi connectivity index (χ4v) is 2.89. The van der Waals surface area contributed by atoms with E-state index in [1.54, 1.807) is 0 Å². The highest BCUT2D eigenvalue weighted by Gasteiger charge is 2.38. The number of halogens is 1. The maximum atomic E-state index is 9.76. The van der Waals surface area contributed by atoms with Crippen LogP contribution >= 0.6 is 22.8 Å². The highest BCUT2D eigenvalue weighted by Crippen LogP contribution is 2.38. The molecule has 0 spiro atoms. The fraction of sp³-hybridized carbons (Fsp3) is 0.889. The predicted molar refractivity (Wildman–Crippen MR) is 68.5 cm³/mol. The summed E-state index contributed by atoms with van der Waals surface area (Å²) >= 11 is 3.32. The first-order valence-corrected chi connectivity index (χ1v) is 8.69. The molecule has 2 radical (unpaired) electrons. The van der Waals surface area contributed by atoms with Gasteiger partial charge in [-0.15, -0.1) is 13.2 Å². The first kappa shape index (κ1) is 12.8. The van der Waals surface area contributed by atoms with Gasteiger partial charge in [-0.25, -0.2) is 0 Å². The van der Waals surface area contributed by atoms with Crippen LogP contribution in [-0.2, 0) is 4.74 Å². The maximum absolute atomic E-state index is 9.76. The topological polar surface area (TPSA) is 29.5 Å². The monoisotopic (exact) mass is 278 g/mol. The summed E-state index contributed by atoms with van der Waals surface area (Å²) in [5, 5.41) is 9.76. The van der Waals surface area contributed by atoms with Gasteiger partial charge in [0.15, 0.2) is 0 Å². The van der Waals surface area contributed by atoms with Crippen molar-refractivity contribution in [1.29, 1.82) is 0 Å². The van der Waals surface area contributed by atoms with Gasteiger partial charge in [0.05, 0.1) is 17.0 Å². The first-order valence-electron chi connectivity index (χ1n) is 4.72. The Hall–Kier alpha value is 0.765. The SMILES string of the molecule is [B][C@@H]1O[C@H](CCP(=C)(C)C)[C@@H](O)[C@H]1Br. The molecule has 1 aliphatic heterocycles. The van der Waals surface area contributed by atoms with Crippen molar-refractivity contribution in [2.75, 3.05) is 19.5 Å². The van der Waals surface area contributed by atoms with Crippen molar-refractivity contribution in [3.05, 3.63) is 0 Å². The molecule has 5 heteroatoms. The van der Waals surface area contributed by atoms with Gasteiger partial charge in [0.2, 0.25) is 0 Å². The third-order valence-corrected chi connectivity index (χ3v) is 4.90. The van der Waals surface area contributed by atoms with E-state index in [0.717, 1.165) is 12.6 Å². The Morgan fingerprint density at radius 3 is 2.50 bits per heavy atom. The van der Waals surface area contributed by atoms with Gasteiger partial charge in [0.25, 0.3) is 0 Å². The van der Waals surface area contributed by atoms with Crippen molar-refractivity contribution in [3.8, 4) is 0 Å². The van der Waals surface area contributed by atoms with Crippen LogP contribution in [0, 0.1) is 0 Å². The van der Waals surface area contributed by atoms with Crippen LogP contribution in [0.15, 0.2) is 0 Å². The summed E-state index contributed by atoms with van der Waals surface area (Å²) in [4.78, 5) is -0.140. The molecular weight excluding hydrogens is 262 g/mol. The summed E-state index contributed by atoms with van der Waals surface area (Å²) in [6.45, 7) is 3.33. The van der Waals surface area contributed by atoms with Crippen LogP contribution in [0.25, 0.3) is 0 Å². The number of hydrogen-bond donors (Lipinski definition) is 1. The molecule has 4 atom stereocenters. The highest BCUT2D eigenvalue weighted by atomic mass is 79.9. The van der Waals surface area contributed by atoms with E-state index in [0.29, 0.717) is 0 Å². The van der Waals surface area contributed by atoms with Gasteiger partial charge in [0.1, 0.15) is 7.85 Å². The zero-order valence-corrected chi connectivity index (χ0v) is 11.2. The third-order valence-electron chi connectivity index (χ3n) is 2.37. The molecule has 1 rings (SSSR count). The molecule has 1 aliphatic rings. The summed E-state index contributed by atoms with van der Waals surface area (Å²) in [5.74, 6) is 0. The van der Waals surface area contributed by atoms with Crippen LogP contribution in [0.5, 0.6) is 0 Å². The molecule has 0 aromatic rings. The van der Waals surface area contributed by atoms with Gasteiger partial charge >= 0.3 is 0 Å². The van der Waals surface area contributed by atoms with Crippen LogP contribution in [0.4, 0.5) is 0 Å². The average Bonchev–Trinajstić information content (AvgIpc) is 2.28. The average molecular weight is 279 g/mol. The number of alkyl halides is 1. The minimum Gasteiger partial charge on any atom is -0.389 e. The Balaban J connectivity index is 2.44. The number of ether oxygens (including phenoxy) is 1. The van der Waals surface area contributed by atoms with E-state index < -0.39 is 13.0 Å². The lowest BCUT2D eigenvalue weighted by atomic mass is 9.96. The van der Waals surface area contributed by atoms with E-state index in [9.17, 15) is 5.11 Å². The second-order valence-corrected chi connectivity index (χ2v) is 9.90. The third kappa shape index (κ3) is 3.41. The summed E-state index contributed by atoms with van der Waals surface area (Å²) in [6.07, 6.45) is 5.38. The lowest BCUT2D eigenvalue weighted by Crippen LogP contribution is -2.28. The second kappa shape index (κ2) is 4.73. The Labute approximate surface area is 95.9 Å². The zero-order chi connectivity index (χ0) is 10.9. The molecule has 1 fully saturated rings. The predicted octanol–water partition coefficient (Wildman–Crippen LogP) is 1.10. The van der Waals surface area contributed by atoms with Crippen LogP contribution in [-0.4, -0.2) is 61.8 Å². The minimum absolute atomic E-state index is 0.129. The molecule has 0 amide bonds. The van der Waals surface area contributed by atoms with Gasteiger partial charge in [-0.1, -0.05) is 15.9 Å². The van der Waals surface area contributed by atoms with Crippen molar-refractivity contribution in [2.24, 2.45) is 0 Å². The molecule has 0 unspecified atom stereocenters. The summed E-state index contributed by atoms with van der Waals surface area (Å²) in [5.41, 5.74) is 0. The van der Waals surface area contributed by atoms with E-state index in [1.165, 1.54) is 0 Å². The molecular formula is C9H17BBrO2P. The number of aliphatic hydroxyl groups excluding tert-OH is 1. The Morgan fingerprint density at radius 2 is 2.14 bits per heavy atom. The Kier molecular flexibility index (Phi) is 4.34. The standard InChI is InChI=1S/C9H17BBrO2P/c1-14(2,3)5-4-6-8(12)7(11)9(10)13-6/h6-9,12H,1,4-5H2,2-3H3/t6-,7-,8-,9-/m1/s1. The Bertz CT molecular complexity index is 243. The highest BCUT2D eigenvalue weighted by molar-refractivity contribution is 9.09. The van der Waals surface area contributed by atoms with E-state index in [4.69, 9.17) is 12.6 Å². The van der Waals surface area contributed by atoms with Crippen molar-refractivity contribution in [1.82, 2.24) is 0 Å². The van der Waals surface area contributed by atoms with Crippen molar-refractivity contribution in [3.63, 3.8) is 0 Å². The molecule has 0 aliphatic carbocycles. The normalized spacial score (nSPS) is 38.9. The zero-order valence-electron chi connectivity index (χ0n) is 8.69. The number of rotatable bonds is 3. The van der Waals surface area contributed by atoms with E-state index in [2.05, 4.69) is 35.6 Å². The molecule has 1 heterocycles. The molecule has 1 saturated heterocycles. The van der Waals surface area contributed by atoms with Gasteiger partial charge < -0.3 is 9.84 Å². The lowest BCUT2D eigenvalue weighted by molar-refractivity contribution is 0.0312. The van der Waals surface area contributed by atoms with E-state index >= 15 is 0 Å². The van der Waals surface area contributed by atoms with Crippen LogP contribution in [0.1, 0.15) is 6.42 Å². The molecule has 0 aromatic heterocycles. The van der Waals surface area contributed by atoms with Gasteiger partial charge in [-0.2, -0.15) is 0 Å². The van der Waals surface area contributed by atoms with Crippen molar-refractivity contribution < 1.29 is 9.84 Å². The quantitative estimate of drug-likeness (QED) is 0.476. The van der Waals surface area contributed by atoms with Crippen molar-refractivity contribution in [2.45, 2.75) is 29.5 Å². The van der Waals surface area contributed by atoms with Crippen molar-refractivity contribution >= 4 is 37.0 Å². The molecule has 14 heavy (non-hydrogen) atoms. The summed E-state index contributed by atoms with van der Waals surface area (Å²) in [7, 11) is 5.66. The number of aliphatic hydroxyl groups is 1. The molecule has 0 saturated carbocycles. The largest absolute Gasteiger partial charge is 0.389 e. The molecule has 0 aromatic carbocycles. The first-order chi connectivity index (χ1) is 6.31. The van der Waals surface area contributed by atoms with Gasteiger partial charge in [-0.05, 0) is 25.9 Å². The molecule has 0 bridgehead atoms. The molecule has 2 nitrogen and oxygen atoms in total. The summed E-state index contributed by atoms with van der Waals surface area (Å²) in [6, 6.07) is -0.388. The van der Waals surface area contributed by atoms with Crippen LogP contribution in [0.2, 0.25) is 0 Å². The van der Waals surface area contributed by atoms with Crippen LogP contribution < -0.4 is 0 Å².